The van der Waals surface area contributed by atoms with Crippen LogP contribution in [0.4, 0.5) is 10.1 Å². The Morgan fingerprint density at radius 3 is 2.45 bits per heavy atom. The van der Waals surface area contributed by atoms with E-state index in [1.807, 2.05) is 0 Å². The van der Waals surface area contributed by atoms with Crippen molar-refractivity contribution in [1.29, 1.82) is 0 Å². The number of anilines is 1. The number of halogens is 4. The number of nitrogens with zero attached hydrogens (tertiary/aromatic N) is 1. The molecule has 1 amide bonds. The Kier molecular flexibility index (Phi) is 5.24. The SMILES string of the molecule is O=C(Oc1cccc(Cl)c1)C(=O)N(Cl)c1ccc(F)c(Cl)c1. The first-order chi connectivity index (χ1) is 10.4. The summed E-state index contributed by atoms with van der Waals surface area (Å²) < 4.78 is 18.4. The second kappa shape index (κ2) is 6.96. The molecule has 0 aromatic heterocycles. The molecule has 0 aliphatic rings. The van der Waals surface area contributed by atoms with Gasteiger partial charge in [0.2, 0.25) is 0 Å². The quantitative estimate of drug-likeness (QED) is 0.348. The molecule has 0 N–H and O–H groups in total. The summed E-state index contributed by atoms with van der Waals surface area (Å²) in [6.45, 7) is 0. The average molecular weight is 363 g/mol. The molecule has 114 valence electrons. The topological polar surface area (TPSA) is 46.6 Å². The Labute approximate surface area is 140 Å². The van der Waals surface area contributed by atoms with Crippen LogP contribution in [0.2, 0.25) is 10.0 Å². The van der Waals surface area contributed by atoms with Crippen molar-refractivity contribution in [3.8, 4) is 5.75 Å². The van der Waals surface area contributed by atoms with Gasteiger partial charge in [-0.3, -0.25) is 4.79 Å². The second-order valence-corrected chi connectivity index (χ2v) is 5.21. The molecular weight excluding hydrogens is 356 g/mol. The molecule has 0 heterocycles. The third kappa shape index (κ3) is 3.88. The van der Waals surface area contributed by atoms with Gasteiger partial charge in [0.05, 0.1) is 10.7 Å². The molecule has 2 rings (SSSR count). The molecule has 0 saturated carbocycles. The molecule has 0 aliphatic carbocycles. The van der Waals surface area contributed by atoms with Gasteiger partial charge in [0, 0.05) is 16.8 Å². The number of carbonyl (C=O) groups is 2. The lowest BCUT2D eigenvalue weighted by atomic mass is 10.3. The van der Waals surface area contributed by atoms with E-state index in [-0.39, 0.29) is 16.5 Å². The zero-order valence-corrected chi connectivity index (χ0v) is 13.0. The Hall–Kier alpha value is -1.82. The van der Waals surface area contributed by atoms with Crippen LogP contribution < -0.4 is 9.16 Å². The van der Waals surface area contributed by atoms with E-state index in [2.05, 4.69) is 0 Å². The van der Waals surface area contributed by atoms with E-state index >= 15 is 0 Å². The minimum atomic E-state index is -1.22. The third-order valence-electron chi connectivity index (χ3n) is 2.49. The van der Waals surface area contributed by atoms with Crippen molar-refractivity contribution in [2.45, 2.75) is 0 Å². The molecule has 0 unspecified atom stereocenters. The van der Waals surface area contributed by atoms with Crippen molar-refractivity contribution in [1.82, 2.24) is 0 Å². The van der Waals surface area contributed by atoms with Crippen molar-refractivity contribution in [3.05, 3.63) is 58.3 Å². The molecule has 0 spiro atoms. The van der Waals surface area contributed by atoms with Crippen LogP contribution >= 0.6 is 35.0 Å². The van der Waals surface area contributed by atoms with E-state index in [4.69, 9.17) is 39.7 Å². The fraction of sp³-hybridized carbons (Fsp3) is 0. The van der Waals surface area contributed by atoms with Crippen molar-refractivity contribution in [3.63, 3.8) is 0 Å². The number of carbonyl (C=O) groups excluding carboxylic acids is 2. The van der Waals surface area contributed by atoms with Gasteiger partial charge in [0.1, 0.15) is 11.6 Å². The molecule has 0 bridgehead atoms. The lowest BCUT2D eigenvalue weighted by Gasteiger charge is -2.13. The van der Waals surface area contributed by atoms with E-state index < -0.39 is 17.7 Å². The minimum absolute atomic E-state index is 0.0288. The monoisotopic (exact) mass is 361 g/mol. The third-order valence-corrected chi connectivity index (χ3v) is 3.36. The molecule has 0 fully saturated rings. The van der Waals surface area contributed by atoms with Gasteiger partial charge in [0.25, 0.3) is 0 Å². The number of esters is 1. The van der Waals surface area contributed by atoms with Crippen LogP contribution in [0.3, 0.4) is 0 Å². The van der Waals surface area contributed by atoms with Crippen molar-refractivity contribution in [2.24, 2.45) is 0 Å². The van der Waals surface area contributed by atoms with E-state index in [1.165, 1.54) is 18.2 Å². The molecular formula is C14H7Cl3FNO3. The Morgan fingerprint density at radius 1 is 1.09 bits per heavy atom. The van der Waals surface area contributed by atoms with Crippen molar-refractivity contribution in [2.75, 3.05) is 4.42 Å². The summed E-state index contributed by atoms with van der Waals surface area (Å²) in [5.41, 5.74) is 0.0288. The van der Waals surface area contributed by atoms with Gasteiger partial charge in [-0.05, 0) is 36.4 Å². The summed E-state index contributed by atoms with van der Waals surface area (Å²) in [6.07, 6.45) is 0. The van der Waals surface area contributed by atoms with Crippen LogP contribution in [0.25, 0.3) is 0 Å². The molecule has 0 radical (unpaired) electrons. The highest BCUT2D eigenvalue weighted by molar-refractivity contribution is 6.51. The summed E-state index contributed by atoms with van der Waals surface area (Å²) in [5.74, 6) is -2.97. The fourth-order valence-electron chi connectivity index (χ4n) is 1.49. The maximum absolute atomic E-state index is 13.1. The number of benzene rings is 2. The van der Waals surface area contributed by atoms with Crippen LogP contribution in [-0.4, -0.2) is 11.9 Å². The minimum Gasteiger partial charge on any atom is -0.419 e. The van der Waals surface area contributed by atoms with Crippen molar-refractivity contribution >= 4 is 52.5 Å². The first-order valence-electron chi connectivity index (χ1n) is 5.81. The number of hydrogen-bond acceptors (Lipinski definition) is 3. The molecule has 0 atom stereocenters. The number of ether oxygens (including phenoxy) is 1. The maximum atomic E-state index is 13.1. The van der Waals surface area contributed by atoms with Gasteiger partial charge in [-0.15, -0.1) is 0 Å². The summed E-state index contributed by atoms with van der Waals surface area (Å²) in [6, 6.07) is 9.25. The molecule has 2 aromatic rings. The van der Waals surface area contributed by atoms with Gasteiger partial charge in [-0.2, -0.15) is 0 Å². The summed E-state index contributed by atoms with van der Waals surface area (Å²) in [4.78, 5) is 23.6. The normalized spacial score (nSPS) is 10.2. The maximum Gasteiger partial charge on any atom is 0.404 e. The number of hydrogen-bond donors (Lipinski definition) is 0. The van der Waals surface area contributed by atoms with Gasteiger partial charge in [-0.25, -0.2) is 13.6 Å². The van der Waals surface area contributed by atoms with E-state index in [0.717, 1.165) is 12.1 Å². The summed E-state index contributed by atoms with van der Waals surface area (Å²) >= 11 is 17.1. The van der Waals surface area contributed by atoms with Crippen molar-refractivity contribution < 1.29 is 18.7 Å². The van der Waals surface area contributed by atoms with Gasteiger partial charge >= 0.3 is 11.9 Å². The van der Waals surface area contributed by atoms with Crippen LogP contribution in [-0.2, 0) is 9.59 Å². The van der Waals surface area contributed by atoms with E-state index in [0.29, 0.717) is 9.44 Å². The van der Waals surface area contributed by atoms with E-state index in [9.17, 15) is 14.0 Å². The Morgan fingerprint density at radius 2 is 1.82 bits per heavy atom. The first kappa shape index (κ1) is 16.5. The molecule has 0 aliphatic heterocycles. The second-order valence-electron chi connectivity index (χ2n) is 4.03. The summed E-state index contributed by atoms with van der Waals surface area (Å²) in [5, 5.41) is 0.102. The zero-order valence-electron chi connectivity index (χ0n) is 10.7. The Bertz CT molecular complexity index is 739. The first-order valence-corrected chi connectivity index (χ1v) is 6.90. The largest absolute Gasteiger partial charge is 0.419 e. The molecule has 4 nitrogen and oxygen atoms in total. The lowest BCUT2D eigenvalue weighted by molar-refractivity contribution is -0.146. The van der Waals surface area contributed by atoms with Gasteiger partial charge in [-0.1, -0.05) is 29.3 Å². The molecule has 2 aromatic carbocycles. The van der Waals surface area contributed by atoms with Gasteiger partial charge < -0.3 is 4.74 Å². The van der Waals surface area contributed by atoms with Crippen LogP contribution in [0, 0.1) is 5.82 Å². The molecule has 8 heteroatoms. The van der Waals surface area contributed by atoms with E-state index in [1.54, 1.807) is 12.1 Å². The fourth-order valence-corrected chi connectivity index (χ4v) is 2.01. The number of amides is 1. The highest BCUT2D eigenvalue weighted by Crippen LogP contribution is 2.24. The summed E-state index contributed by atoms with van der Waals surface area (Å²) in [7, 11) is 0. The van der Waals surface area contributed by atoms with Crippen LogP contribution in [0.15, 0.2) is 42.5 Å². The predicted octanol–water partition coefficient (Wildman–Crippen LogP) is 4.22. The zero-order chi connectivity index (χ0) is 16.3. The number of rotatable bonds is 2. The lowest BCUT2D eigenvalue weighted by Crippen LogP contribution is -2.32. The molecule has 22 heavy (non-hydrogen) atoms. The average Bonchev–Trinajstić information content (AvgIpc) is 2.48. The smallest absolute Gasteiger partial charge is 0.404 e. The highest BCUT2D eigenvalue weighted by atomic mass is 35.5. The Balaban J connectivity index is 2.12. The predicted molar refractivity (Wildman–Crippen MR) is 81.8 cm³/mol. The molecule has 0 saturated heterocycles. The standard InChI is InChI=1S/C14H7Cl3FNO3/c15-8-2-1-3-10(6-8)22-14(21)13(20)19(17)9-4-5-12(18)11(16)7-9/h1-7H. The van der Waals surface area contributed by atoms with Gasteiger partial charge in [0.15, 0.2) is 0 Å². The van der Waals surface area contributed by atoms with Crippen LogP contribution in [0.1, 0.15) is 0 Å². The van der Waals surface area contributed by atoms with Crippen LogP contribution in [0.5, 0.6) is 5.75 Å². The highest BCUT2D eigenvalue weighted by Gasteiger charge is 2.25.